The van der Waals surface area contributed by atoms with E-state index in [-0.39, 0.29) is 5.56 Å². The molecule has 0 heterocycles. The summed E-state index contributed by atoms with van der Waals surface area (Å²) in [5, 5.41) is 9.60. The van der Waals surface area contributed by atoms with Crippen LogP contribution >= 0.6 is 11.6 Å². The number of anilines is 1. The number of carboxylic acids is 1. The highest BCUT2D eigenvalue weighted by Gasteiger charge is 2.20. The molecule has 0 atom stereocenters. The summed E-state index contributed by atoms with van der Waals surface area (Å²) in [5.74, 6) is -0.296. The molecule has 1 saturated carbocycles. The summed E-state index contributed by atoms with van der Waals surface area (Å²) in [5.41, 5.74) is 0.924. The Balaban J connectivity index is 2.16. The zero-order chi connectivity index (χ0) is 13.8. The summed E-state index contributed by atoms with van der Waals surface area (Å²) in [6.45, 7) is 0.903. The van der Waals surface area contributed by atoms with Crippen LogP contribution in [0.15, 0.2) is 18.2 Å². The van der Waals surface area contributed by atoms with E-state index in [0.29, 0.717) is 16.6 Å². The molecular formula is C15H20ClNO2. The summed E-state index contributed by atoms with van der Waals surface area (Å²) < 4.78 is 0. The van der Waals surface area contributed by atoms with Crippen molar-refractivity contribution in [2.45, 2.75) is 32.1 Å². The Bertz CT molecular complexity index is 455. The third-order valence-corrected chi connectivity index (χ3v) is 4.19. The van der Waals surface area contributed by atoms with Gasteiger partial charge in [-0.1, -0.05) is 36.9 Å². The van der Waals surface area contributed by atoms with Gasteiger partial charge in [0.15, 0.2) is 0 Å². The first kappa shape index (κ1) is 14.2. The van der Waals surface area contributed by atoms with Crippen LogP contribution in [0.5, 0.6) is 0 Å². The number of carboxylic acid groups (broad SMARTS) is 1. The van der Waals surface area contributed by atoms with Crippen molar-refractivity contribution >= 4 is 23.3 Å². The highest BCUT2D eigenvalue weighted by molar-refractivity contribution is 6.34. The molecule has 3 nitrogen and oxygen atoms in total. The van der Waals surface area contributed by atoms with Crippen LogP contribution in [0.25, 0.3) is 0 Å². The van der Waals surface area contributed by atoms with Gasteiger partial charge in [0.25, 0.3) is 0 Å². The highest BCUT2D eigenvalue weighted by Crippen LogP contribution is 2.30. The van der Waals surface area contributed by atoms with Crippen molar-refractivity contribution in [3.05, 3.63) is 28.8 Å². The molecule has 0 amide bonds. The minimum Gasteiger partial charge on any atom is -0.478 e. The number of benzene rings is 1. The lowest BCUT2D eigenvalue weighted by Gasteiger charge is -2.29. The predicted molar refractivity (Wildman–Crippen MR) is 78.3 cm³/mol. The van der Waals surface area contributed by atoms with Gasteiger partial charge in [-0.2, -0.15) is 0 Å². The van der Waals surface area contributed by atoms with Gasteiger partial charge in [0.05, 0.1) is 10.7 Å². The van der Waals surface area contributed by atoms with Crippen molar-refractivity contribution in [1.29, 1.82) is 0 Å². The van der Waals surface area contributed by atoms with E-state index < -0.39 is 5.97 Å². The van der Waals surface area contributed by atoms with E-state index in [0.717, 1.165) is 6.54 Å². The average Bonchev–Trinajstić information content (AvgIpc) is 2.39. The number of nitrogens with zero attached hydrogens (tertiary/aromatic N) is 1. The molecule has 0 unspecified atom stereocenters. The van der Waals surface area contributed by atoms with Crippen LogP contribution in [-0.2, 0) is 0 Å². The first-order valence-corrected chi connectivity index (χ1v) is 7.20. The molecule has 1 N–H and O–H groups in total. The van der Waals surface area contributed by atoms with Crippen molar-refractivity contribution in [2.24, 2.45) is 5.92 Å². The van der Waals surface area contributed by atoms with Gasteiger partial charge in [0.1, 0.15) is 5.56 Å². The molecule has 104 valence electrons. The number of aromatic carboxylic acids is 1. The molecule has 0 radical (unpaired) electrons. The SMILES string of the molecule is CN(CC1CCCCC1)c1cccc(Cl)c1C(=O)O. The Morgan fingerprint density at radius 2 is 2.05 bits per heavy atom. The van der Waals surface area contributed by atoms with Crippen LogP contribution in [0.4, 0.5) is 5.69 Å². The highest BCUT2D eigenvalue weighted by atomic mass is 35.5. The summed E-state index contributed by atoms with van der Waals surface area (Å²) in [7, 11) is 1.95. The third kappa shape index (κ3) is 3.41. The Kier molecular flexibility index (Phi) is 4.70. The van der Waals surface area contributed by atoms with E-state index in [4.69, 9.17) is 11.6 Å². The van der Waals surface area contributed by atoms with Gasteiger partial charge in [-0.15, -0.1) is 0 Å². The van der Waals surface area contributed by atoms with Crippen LogP contribution in [-0.4, -0.2) is 24.7 Å². The second-order valence-corrected chi connectivity index (χ2v) is 5.73. The summed E-state index contributed by atoms with van der Waals surface area (Å²) in [4.78, 5) is 13.4. The topological polar surface area (TPSA) is 40.5 Å². The lowest BCUT2D eigenvalue weighted by molar-refractivity contribution is 0.0697. The second kappa shape index (κ2) is 6.29. The van der Waals surface area contributed by atoms with Crippen molar-refractivity contribution < 1.29 is 9.90 Å². The zero-order valence-electron chi connectivity index (χ0n) is 11.2. The molecule has 1 aromatic carbocycles. The predicted octanol–water partition coefficient (Wildman–Crippen LogP) is 4.05. The Hall–Kier alpha value is -1.22. The van der Waals surface area contributed by atoms with Crippen LogP contribution in [0, 0.1) is 5.92 Å². The molecule has 1 aliphatic carbocycles. The van der Waals surface area contributed by atoms with E-state index >= 15 is 0 Å². The number of rotatable bonds is 4. The smallest absolute Gasteiger partial charge is 0.339 e. The molecule has 1 aliphatic rings. The van der Waals surface area contributed by atoms with Crippen LogP contribution < -0.4 is 4.90 Å². The summed E-state index contributed by atoms with van der Waals surface area (Å²) in [6, 6.07) is 5.27. The molecule has 4 heteroatoms. The Morgan fingerprint density at radius 1 is 1.37 bits per heavy atom. The van der Waals surface area contributed by atoms with Gasteiger partial charge in [-0.3, -0.25) is 0 Å². The van der Waals surface area contributed by atoms with Gasteiger partial charge in [0, 0.05) is 13.6 Å². The van der Waals surface area contributed by atoms with E-state index in [1.807, 2.05) is 24.1 Å². The van der Waals surface area contributed by atoms with Crippen molar-refractivity contribution in [3.63, 3.8) is 0 Å². The third-order valence-electron chi connectivity index (χ3n) is 3.87. The molecule has 0 saturated heterocycles. The standard InChI is InChI=1S/C15H20ClNO2/c1-17(10-11-6-3-2-4-7-11)13-9-5-8-12(16)14(13)15(18)19/h5,8-9,11H,2-4,6-7,10H2,1H3,(H,18,19). The first-order valence-electron chi connectivity index (χ1n) is 6.82. The molecule has 2 rings (SSSR count). The molecule has 0 aliphatic heterocycles. The molecule has 0 aromatic heterocycles. The lowest BCUT2D eigenvalue weighted by atomic mass is 9.89. The molecule has 0 bridgehead atoms. The van der Waals surface area contributed by atoms with Gasteiger partial charge >= 0.3 is 5.97 Å². The van der Waals surface area contributed by atoms with Gasteiger partial charge in [-0.05, 0) is 30.9 Å². The van der Waals surface area contributed by atoms with Gasteiger partial charge < -0.3 is 10.0 Å². The monoisotopic (exact) mass is 281 g/mol. The summed E-state index contributed by atoms with van der Waals surface area (Å²) in [6.07, 6.45) is 6.40. The van der Waals surface area contributed by atoms with Crippen LogP contribution in [0.1, 0.15) is 42.5 Å². The molecule has 0 spiro atoms. The van der Waals surface area contributed by atoms with E-state index in [2.05, 4.69) is 0 Å². The number of halogens is 1. The Labute approximate surface area is 119 Å². The van der Waals surface area contributed by atoms with Crippen LogP contribution in [0.3, 0.4) is 0 Å². The zero-order valence-corrected chi connectivity index (χ0v) is 12.0. The van der Waals surface area contributed by atoms with Crippen molar-refractivity contribution in [3.8, 4) is 0 Å². The quantitative estimate of drug-likeness (QED) is 0.905. The average molecular weight is 282 g/mol. The number of hydrogen-bond donors (Lipinski definition) is 1. The molecular weight excluding hydrogens is 262 g/mol. The Morgan fingerprint density at radius 3 is 2.68 bits per heavy atom. The minimum atomic E-state index is -0.962. The van der Waals surface area contributed by atoms with Gasteiger partial charge in [-0.25, -0.2) is 4.79 Å². The first-order chi connectivity index (χ1) is 9.09. The van der Waals surface area contributed by atoms with E-state index in [1.54, 1.807) is 6.07 Å². The van der Waals surface area contributed by atoms with E-state index in [1.165, 1.54) is 32.1 Å². The fourth-order valence-electron chi connectivity index (χ4n) is 2.90. The van der Waals surface area contributed by atoms with Crippen molar-refractivity contribution in [1.82, 2.24) is 0 Å². The van der Waals surface area contributed by atoms with Gasteiger partial charge in [0.2, 0.25) is 0 Å². The maximum absolute atomic E-state index is 11.3. The minimum absolute atomic E-state index is 0.211. The normalized spacial score (nSPS) is 16.3. The van der Waals surface area contributed by atoms with E-state index in [9.17, 15) is 9.90 Å². The molecule has 19 heavy (non-hydrogen) atoms. The largest absolute Gasteiger partial charge is 0.478 e. The molecule has 1 fully saturated rings. The molecule has 1 aromatic rings. The maximum atomic E-state index is 11.3. The lowest BCUT2D eigenvalue weighted by Crippen LogP contribution is -2.28. The number of carbonyl (C=O) groups is 1. The summed E-state index contributed by atoms with van der Waals surface area (Å²) >= 11 is 6.00. The van der Waals surface area contributed by atoms with Crippen molar-refractivity contribution in [2.75, 3.05) is 18.5 Å². The maximum Gasteiger partial charge on any atom is 0.339 e. The fraction of sp³-hybridized carbons (Fsp3) is 0.533. The van der Waals surface area contributed by atoms with Crippen LogP contribution in [0.2, 0.25) is 5.02 Å². The number of hydrogen-bond acceptors (Lipinski definition) is 2. The second-order valence-electron chi connectivity index (χ2n) is 5.32. The fourth-order valence-corrected chi connectivity index (χ4v) is 3.15.